The van der Waals surface area contributed by atoms with Gasteiger partial charge in [-0.1, -0.05) is 0 Å². The van der Waals surface area contributed by atoms with Crippen LogP contribution in [0.25, 0.3) is 0 Å². The summed E-state index contributed by atoms with van der Waals surface area (Å²) < 4.78 is 0. The Morgan fingerprint density at radius 3 is 2.00 bits per heavy atom. The quantitative estimate of drug-likeness (QED) is 0.501. The summed E-state index contributed by atoms with van der Waals surface area (Å²) in [5.41, 5.74) is 0.691. The summed E-state index contributed by atoms with van der Waals surface area (Å²) in [6.07, 6.45) is 11.8. The van der Waals surface area contributed by atoms with E-state index in [0.29, 0.717) is 5.41 Å². The molecule has 0 unspecified atom stereocenters. The van der Waals surface area contributed by atoms with Crippen molar-refractivity contribution in [3.63, 3.8) is 0 Å². The minimum absolute atomic E-state index is 0.691. The fraction of sp³-hybridized carbons (Fsp3) is 0.909. The number of hydrogen-bond donors (Lipinski definition) is 0. The Labute approximate surface area is 70.4 Å². The van der Waals surface area contributed by atoms with Crippen LogP contribution in [0.4, 0.5) is 0 Å². The SMILES string of the molecule is CC1([C+]2CCCC2)CCCC1. The van der Waals surface area contributed by atoms with E-state index < -0.39 is 0 Å². The van der Waals surface area contributed by atoms with Crippen molar-refractivity contribution >= 4 is 0 Å². The molecule has 0 heterocycles. The summed E-state index contributed by atoms with van der Waals surface area (Å²) >= 11 is 0. The standard InChI is InChI=1S/C11H19/c1-11(8-4-5-9-11)10-6-2-3-7-10/h2-9H2,1H3/q+1. The zero-order chi connectivity index (χ0) is 7.73. The molecule has 0 atom stereocenters. The van der Waals surface area contributed by atoms with Crippen molar-refractivity contribution in [2.24, 2.45) is 5.41 Å². The van der Waals surface area contributed by atoms with E-state index in [1.165, 1.54) is 51.4 Å². The van der Waals surface area contributed by atoms with Gasteiger partial charge in [-0.25, -0.2) is 0 Å². The van der Waals surface area contributed by atoms with Crippen molar-refractivity contribution in [1.82, 2.24) is 0 Å². The highest BCUT2D eigenvalue weighted by Gasteiger charge is 2.47. The van der Waals surface area contributed by atoms with E-state index in [-0.39, 0.29) is 0 Å². The molecule has 0 N–H and O–H groups in total. The molecule has 0 nitrogen and oxygen atoms in total. The van der Waals surface area contributed by atoms with E-state index in [4.69, 9.17) is 0 Å². The Hall–Kier alpha value is -0.130. The maximum Gasteiger partial charge on any atom is 0.107 e. The molecule has 2 aliphatic carbocycles. The monoisotopic (exact) mass is 151 g/mol. The normalized spacial score (nSPS) is 29.7. The van der Waals surface area contributed by atoms with Gasteiger partial charge in [0.15, 0.2) is 0 Å². The number of hydrogen-bond acceptors (Lipinski definition) is 0. The van der Waals surface area contributed by atoms with Gasteiger partial charge in [0.05, 0.1) is 18.8 Å². The minimum Gasteiger partial charge on any atom is -0.0485 e. The average Bonchev–Trinajstić information content (AvgIpc) is 2.55. The molecule has 62 valence electrons. The maximum absolute atomic E-state index is 2.50. The highest BCUT2D eigenvalue weighted by molar-refractivity contribution is 5.09. The van der Waals surface area contributed by atoms with E-state index in [0.717, 1.165) is 0 Å². The molecule has 0 aromatic rings. The zero-order valence-electron chi connectivity index (χ0n) is 7.66. The predicted molar refractivity (Wildman–Crippen MR) is 48.3 cm³/mol. The van der Waals surface area contributed by atoms with Gasteiger partial charge < -0.3 is 0 Å². The van der Waals surface area contributed by atoms with Gasteiger partial charge in [-0.05, 0) is 45.4 Å². The van der Waals surface area contributed by atoms with Crippen LogP contribution in [0.1, 0.15) is 58.3 Å². The third-order valence-electron chi connectivity index (χ3n) is 3.77. The summed E-state index contributed by atoms with van der Waals surface area (Å²) in [4.78, 5) is 0. The molecule has 0 aliphatic heterocycles. The third-order valence-corrected chi connectivity index (χ3v) is 3.77. The van der Waals surface area contributed by atoms with Crippen molar-refractivity contribution < 1.29 is 0 Å². The van der Waals surface area contributed by atoms with E-state index in [1.807, 2.05) is 5.92 Å². The van der Waals surface area contributed by atoms with Crippen LogP contribution in [0.15, 0.2) is 0 Å². The maximum atomic E-state index is 2.50. The lowest BCUT2D eigenvalue weighted by atomic mass is 9.75. The van der Waals surface area contributed by atoms with Crippen LogP contribution in [0.5, 0.6) is 0 Å². The highest BCUT2D eigenvalue weighted by atomic mass is 14.4. The first kappa shape index (κ1) is 7.52. The molecule has 0 radical (unpaired) electrons. The summed E-state index contributed by atoms with van der Waals surface area (Å²) in [6.45, 7) is 2.50. The van der Waals surface area contributed by atoms with Crippen LogP contribution in [0.2, 0.25) is 0 Å². The van der Waals surface area contributed by atoms with Gasteiger partial charge in [0.1, 0.15) is 5.41 Å². The van der Waals surface area contributed by atoms with E-state index in [1.54, 1.807) is 0 Å². The summed E-state index contributed by atoms with van der Waals surface area (Å²) in [5, 5.41) is 0. The van der Waals surface area contributed by atoms with Crippen LogP contribution < -0.4 is 0 Å². The molecule has 2 aliphatic rings. The van der Waals surface area contributed by atoms with Crippen molar-refractivity contribution in [3.8, 4) is 0 Å². The molecule has 2 fully saturated rings. The van der Waals surface area contributed by atoms with Gasteiger partial charge >= 0.3 is 0 Å². The first-order chi connectivity index (χ1) is 5.31. The molecule has 0 heteroatoms. The minimum atomic E-state index is 0.691. The average molecular weight is 151 g/mol. The second kappa shape index (κ2) is 2.73. The molecule has 2 rings (SSSR count). The van der Waals surface area contributed by atoms with E-state index >= 15 is 0 Å². The second-order valence-corrected chi connectivity index (χ2v) is 4.58. The molecule has 2 saturated carbocycles. The smallest absolute Gasteiger partial charge is 0.0485 e. The van der Waals surface area contributed by atoms with Gasteiger partial charge in [-0.3, -0.25) is 0 Å². The van der Waals surface area contributed by atoms with Gasteiger partial charge in [0.2, 0.25) is 0 Å². The van der Waals surface area contributed by atoms with Crippen molar-refractivity contribution in [3.05, 3.63) is 5.92 Å². The molecule has 0 aromatic carbocycles. The summed E-state index contributed by atoms with van der Waals surface area (Å²) in [5.74, 6) is 1.91. The van der Waals surface area contributed by atoms with Crippen LogP contribution in [0.3, 0.4) is 0 Å². The van der Waals surface area contributed by atoms with E-state index in [2.05, 4.69) is 6.92 Å². The molecule has 0 saturated heterocycles. The molecule has 0 amide bonds. The fourth-order valence-corrected chi connectivity index (χ4v) is 2.91. The van der Waals surface area contributed by atoms with Gasteiger partial charge in [-0.2, -0.15) is 0 Å². The number of rotatable bonds is 1. The molecular formula is C11H19+. The molecule has 0 aromatic heterocycles. The Morgan fingerprint density at radius 1 is 0.909 bits per heavy atom. The molecule has 0 spiro atoms. The van der Waals surface area contributed by atoms with Crippen molar-refractivity contribution in [1.29, 1.82) is 0 Å². The predicted octanol–water partition coefficient (Wildman–Crippen LogP) is 3.72. The van der Waals surface area contributed by atoms with Gasteiger partial charge in [0, 0.05) is 0 Å². The summed E-state index contributed by atoms with van der Waals surface area (Å²) in [7, 11) is 0. The van der Waals surface area contributed by atoms with Crippen LogP contribution >= 0.6 is 0 Å². The van der Waals surface area contributed by atoms with Crippen LogP contribution in [-0.4, -0.2) is 0 Å². The van der Waals surface area contributed by atoms with Crippen molar-refractivity contribution in [2.75, 3.05) is 0 Å². The summed E-state index contributed by atoms with van der Waals surface area (Å²) in [6, 6.07) is 0. The largest absolute Gasteiger partial charge is 0.107 e. The van der Waals surface area contributed by atoms with Gasteiger partial charge in [0.25, 0.3) is 0 Å². The topological polar surface area (TPSA) is 0 Å². The lowest BCUT2D eigenvalue weighted by Crippen LogP contribution is -2.19. The Kier molecular flexibility index (Phi) is 1.86. The van der Waals surface area contributed by atoms with Crippen LogP contribution in [-0.2, 0) is 0 Å². The molecule has 11 heavy (non-hydrogen) atoms. The van der Waals surface area contributed by atoms with Crippen molar-refractivity contribution in [2.45, 2.75) is 58.3 Å². The molecular weight excluding hydrogens is 132 g/mol. The highest BCUT2D eigenvalue weighted by Crippen LogP contribution is 2.51. The van der Waals surface area contributed by atoms with E-state index in [9.17, 15) is 0 Å². The Bertz CT molecular complexity index is 125. The molecule has 0 bridgehead atoms. The zero-order valence-corrected chi connectivity index (χ0v) is 7.66. The third kappa shape index (κ3) is 1.28. The first-order valence-electron chi connectivity index (χ1n) is 5.16. The fourth-order valence-electron chi connectivity index (χ4n) is 2.91. The van der Waals surface area contributed by atoms with Gasteiger partial charge in [-0.15, -0.1) is 0 Å². The first-order valence-corrected chi connectivity index (χ1v) is 5.16. The Balaban J connectivity index is 2.00. The Morgan fingerprint density at radius 2 is 1.45 bits per heavy atom. The second-order valence-electron chi connectivity index (χ2n) is 4.58. The lowest BCUT2D eigenvalue weighted by Gasteiger charge is -2.20. The van der Waals surface area contributed by atoms with Crippen LogP contribution in [0, 0.1) is 11.3 Å². The lowest BCUT2D eigenvalue weighted by molar-refractivity contribution is 0.341.